The second-order valence-electron chi connectivity index (χ2n) is 4.19. The van der Waals surface area contributed by atoms with Gasteiger partial charge in [0.25, 0.3) is 0 Å². The quantitative estimate of drug-likeness (QED) is 0.456. The van der Waals surface area contributed by atoms with Crippen molar-refractivity contribution in [3.8, 4) is 17.2 Å². The van der Waals surface area contributed by atoms with E-state index in [9.17, 15) is 4.39 Å². The van der Waals surface area contributed by atoms with Crippen LogP contribution in [0.15, 0.2) is 53.6 Å². The van der Waals surface area contributed by atoms with Crippen LogP contribution in [-0.2, 0) is 0 Å². The van der Waals surface area contributed by atoms with Gasteiger partial charge in [0.1, 0.15) is 11.9 Å². The first-order valence-electron chi connectivity index (χ1n) is 6.04. The monoisotopic (exact) mass is 281 g/mol. The molecular weight excluding hydrogens is 269 g/mol. The van der Waals surface area contributed by atoms with E-state index in [1.165, 1.54) is 12.1 Å². The molecule has 6 heteroatoms. The molecular formula is C15H12FN5. The first-order chi connectivity index (χ1) is 10.1. The Morgan fingerprint density at radius 3 is 2.52 bits per heavy atom. The number of hydrogen-bond acceptors (Lipinski definition) is 4. The molecule has 4 N–H and O–H groups in total. The van der Waals surface area contributed by atoms with Crippen molar-refractivity contribution in [1.82, 2.24) is 0 Å². The summed E-state index contributed by atoms with van der Waals surface area (Å²) in [7, 11) is 0. The highest BCUT2D eigenvalue weighted by atomic mass is 19.1. The lowest BCUT2D eigenvalue weighted by molar-refractivity contribution is 0.628. The average Bonchev–Trinajstić information content (AvgIpc) is 2.48. The Kier molecular flexibility index (Phi) is 4.26. The van der Waals surface area contributed by atoms with Gasteiger partial charge in [-0.05, 0) is 35.4 Å². The van der Waals surface area contributed by atoms with Gasteiger partial charge < -0.3 is 5.73 Å². The number of rotatable bonds is 4. The summed E-state index contributed by atoms with van der Waals surface area (Å²) >= 11 is 0. The van der Waals surface area contributed by atoms with E-state index in [-0.39, 0.29) is 11.5 Å². The van der Waals surface area contributed by atoms with Crippen LogP contribution in [0.3, 0.4) is 0 Å². The second-order valence-corrected chi connectivity index (χ2v) is 4.19. The minimum Gasteiger partial charge on any atom is -0.382 e. The number of hydrazone groups is 1. The molecule has 2 rings (SSSR count). The van der Waals surface area contributed by atoms with E-state index in [0.29, 0.717) is 5.69 Å². The number of halogens is 1. The third kappa shape index (κ3) is 3.64. The molecule has 0 saturated heterocycles. The molecule has 0 saturated carbocycles. The summed E-state index contributed by atoms with van der Waals surface area (Å²) in [6.07, 6.45) is 0. The molecule has 0 aliphatic rings. The highest BCUT2D eigenvalue weighted by molar-refractivity contribution is 6.45. The van der Waals surface area contributed by atoms with Gasteiger partial charge in [-0.15, -0.1) is 0 Å². The predicted octanol–water partition coefficient (Wildman–Crippen LogP) is 2.72. The minimum absolute atomic E-state index is 0.192. The second kappa shape index (κ2) is 6.30. The maximum absolute atomic E-state index is 12.9. The molecule has 0 aliphatic heterocycles. The molecule has 104 valence electrons. The number of nitriles is 1. The van der Waals surface area contributed by atoms with Gasteiger partial charge >= 0.3 is 0 Å². The minimum atomic E-state index is -0.403. The van der Waals surface area contributed by atoms with Crippen LogP contribution >= 0.6 is 0 Å². The van der Waals surface area contributed by atoms with Gasteiger partial charge in [-0.25, -0.2) is 4.39 Å². The Morgan fingerprint density at radius 1 is 1.19 bits per heavy atom. The Hall–Kier alpha value is -3.20. The van der Waals surface area contributed by atoms with Crippen LogP contribution in [0.1, 0.15) is 0 Å². The Bertz CT molecular complexity index is 728. The lowest BCUT2D eigenvalue weighted by atomic mass is 10.1. The van der Waals surface area contributed by atoms with Gasteiger partial charge in [0, 0.05) is 0 Å². The molecule has 5 nitrogen and oxygen atoms in total. The standard InChI is InChI=1S/C15H12FN5/c16-12-6-4-10(5-7-12)11-2-1-3-13(8-11)20-21-14(9-17)15(18)19/h1-8,20H,(H3,18,19)/b21-14+. The summed E-state index contributed by atoms with van der Waals surface area (Å²) < 4.78 is 12.9. The highest BCUT2D eigenvalue weighted by Crippen LogP contribution is 2.22. The van der Waals surface area contributed by atoms with Crippen LogP contribution in [0.5, 0.6) is 0 Å². The molecule has 0 heterocycles. The number of nitrogens with two attached hydrogens (primary N) is 1. The van der Waals surface area contributed by atoms with E-state index in [1.807, 2.05) is 6.07 Å². The average molecular weight is 281 g/mol. The van der Waals surface area contributed by atoms with Gasteiger partial charge in [-0.2, -0.15) is 10.4 Å². The molecule has 0 fully saturated rings. The van der Waals surface area contributed by atoms with E-state index in [4.69, 9.17) is 16.4 Å². The number of nitrogens with one attached hydrogen (secondary N) is 2. The fourth-order valence-corrected chi connectivity index (χ4v) is 1.68. The SMILES string of the molecule is N#C/C(=N\Nc1cccc(-c2ccc(F)cc2)c1)C(=N)N. The van der Waals surface area contributed by atoms with Crippen LogP contribution in [0.2, 0.25) is 0 Å². The van der Waals surface area contributed by atoms with Crippen molar-refractivity contribution in [2.45, 2.75) is 0 Å². The summed E-state index contributed by atoms with van der Waals surface area (Å²) in [6.45, 7) is 0. The normalized spacial score (nSPS) is 10.8. The number of nitrogens with zero attached hydrogens (tertiary/aromatic N) is 2. The molecule has 2 aromatic carbocycles. The van der Waals surface area contributed by atoms with E-state index in [1.54, 1.807) is 36.4 Å². The third-order valence-corrected chi connectivity index (χ3v) is 2.70. The number of benzene rings is 2. The van der Waals surface area contributed by atoms with Crippen LogP contribution in [0.4, 0.5) is 10.1 Å². The van der Waals surface area contributed by atoms with Crippen molar-refractivity contribution in [2.24, 2.45) is 10.8 Å². The van der Waals surface area contributed by atoms with E-state index < -0.39 is 5.84 Å². The van der Waals surface area contributed by atoms with E-state index in [0.717, 1.165) is 11.1 Å². The van der Waals surface area contributed by atoms with E-state index >= 15 is 0 Å². The van der Waals surface area contributed by atoms with Gasteiger partial charge in [0.05, 0.1) is 5.69 Å². The third-order valence-electron chi connectivity index (χ3n) is 2.70. The zero-order valence-corrected chi connectivity index (χ0v) is 11.0. The molecule has 0 aromatic heterocycles. The summed E-state index contributed by atoms with van der Waals surface area (Å²) in [6, 6.07) is 15.1. The zero-order chi connectivity index (χ0) is 15.2. The zero-order valence-electron chi connectivity index (χ0n) is 11.0. The fourth-order valence-electron chi connectivity index (χ4n) is 1.68. The first-order valence-corrected chi connectivity index (χ1v) is 6.04. The van der Waals surface area contributed by atoms with Crippen molar-refractivity contribution in [1.29, 1.82) is 10.7 Å². The highest BCUT2D eigenvalue weighted by Gasteiger charge is 2.02. The van der Waals surface area contributed by atoms with Gasteiger partial charge in [-0.1, -0.05) is 24.3 Å². The van der Waals surface area contributed by atoms with Crippen molar-refractivity contribution in [3.63, 3.8) is 0 Å². The van der Waals surface area contributed by atoms with Crippen LogP contribution < -0.4 is 11.2 Å². The summed E-state index contributed by atoms with van der Waals surface area (Å²) in [4.78, 5) is 0. The topological polar surface area (TPSA) is 98.0 Å². The van der Waals surface area contributed by atoms with E-state index in [2.05, 4.69) is 10.5 Å². The Morgan fingerprint density at radius 2 is 1.90 bits per heavy atom. The number of anilines is 1. The Balaban J connectivity index is 2.24. The molecule has 0 amide bonds. The van der Waals surface area contributed by atoms with Gasteiger partial charge in [0.15, 0.2) is 5.84 Å². The maximum atomic E-state index is 12.9. The van der Waals surface area contributed by atoms with Gasteiger partial charge in [0.2, 0.25) is 5.71 Å². The predicted molar refractivity (Wildman–Crippen MR) is 80.4 cm³/mol. The first kappa shape index (κ1) is 14.2. The molecule has 0 unspecified atom stereocenters. The fraction of sp³-hybridized carbons (Fsp3) is 0. The van der Waals surface area contributed by atoms with Crippen molar-refractivity contribution >= 4 is 17.2 Å². The molecule has 0 spiro atoms. The molecule has 0 aliphatic carbocycles. The summed E-state index contributed by atoms with van der Waals surface area (Å²) in [5.74, 6) is -0.697. The van der Waals surface area contributed by atoms with Crippen molar-refractivity contribution in [2.75, 3.05) is 5.43 Å². The molecule has 21 heavy (non-hydrogen) atoms. The number of hydrogen-bond donors (Lipinski definition) is 3. The largest absolute Gasteiger partial charge is 0.382 e. The van der Waals surface area contributed by atoms with Crippen LogP contribution in [-0.4, -0.2) is 11.5 Å². The summed E-state index contributed by atoms with van der Waals surface area (Å²) in [5, 5.41) is 19.7. The van der Waals surface area contributed by atoms with Crippen molar-refractivity contribution < 1.29 is 4.39 Å². The number of amidine groups is 1. The molecule has 0 bridgehead atoms. The maximum Gasteiger partial charge on any atom is 0.201 e. The Labute approximate surface area is 121 Å². The van der Waals surface area contributed by atoms with Crippen LogP contribution in [0, 0.1) is 22.6 Å². The lowest BCUT2D eigenvalue weighted by Gasteiger charge is -2.05. The smallest absolute Gasteiger partial charge is 0.201 e. The van der Waals surface area contributed by atoms with Crippen LogP contribution in [0.25, 0.3) is 11.1 Å². The molecule has 0 atom stereocenters. The summed E-state index contributed by atoms with van der Waals surface area (Å²) in [5.41, 5.74) is 10.0. The van der Waals surface area contributed by atoms with Gasteiger partial charge in [-0.3, -0.25) is 10.8 Å². The molecule has 0 radical (unpaired) electrons. The van der Waals surface area contributed by atoms with Crippen molar-refractivity contribution in [3.05, 3.63) is 54.3 Å². The lowest BCUT2D eigenvalue weighted by Crippen LogP contribution is -2.21. The molecule has 2 aromatic rings.